The third-order valence-corrected chi connectivity index (χ3v) is 2.54. The highest BCUT2D eigenvalue weighted by Gasteiger charge is 2.09. The van der Waals surface area contributed by atoms with E-state index in [4.69, 9.17) is 23.2 Å². The van der Waals surface area contributed by atoms with Gasteiger partial charge in [-0.15, -0.1) is 0 Å². The molecule has 0 bridgehead atoms. The molecular weight excluding hydrogens is 269 g/mol. The zero-order valence-electron chi connectivity index (χ0n) is 8.15. The van der Waals surface area contributed by atoms with Crippen LogP contribution >= 0.6 is 23.2 Å². The minimum atomic E-state index is -0.727. The number of benzene rings is 1. The molecule has 8 heteroatoms. The number of hydrogen-bond acceptors (Lipinski definition) is 4. The summed E-state index contributed by atoms with van der Waals surface area (Å²) in [7, 11) is 0. The van der Waals surface area contributed by atoms with Crippen molar-refractivity contribution in [3.05, 3.63) is 49.2 Å². The summed E-state index contributed by atoms with van der Waals surface area (Å²) in [4.78, 5) is 24.3. The molecule has 0 aliphatic carbocycles. The number of phenolic OH excluding ortho intramolecular Hbond substituents is 1. The van der Waals surface area contributed by atoms with Crippen molar-refractivity contribution < 1.29 is 5.11 Å². The Bertz CT molecular complexity index is 669. The van der Waals surface area contributed by atoms with E-state index >= 15 is 0 Å². The van der Waals surface area contributed by atoms with Crippen LogP contribution in [-0.2, 0) is 0 Å². The van der Waals surface area contributed by atoms with E-state index in [2.05, 4.69) is 5.10 Å². The molecule has 2 rings (SSSR count). The van der Waals surface area contributed by atoms with Gasteiger partial charge in [0.1, 0.15) is 6.20 Å². The average Bonchev–Trinajstić information content (AvgIpc) is 2.25. The summed E-state index contributed by atoms with van der Waals surface area (Å²) in [5.74, 6) is -0.283. The zero-order chi connectivity index (χ0) is 12.6. The van der Waals surface area contributed by atoms with Gasteiger partial charge in [0.25, 0.3) is 5.56 Å². The van der Waals surface area contributed by atoms with Crippen LogP contribution in [0, 0.1) is 0 Å². The highest BCUT2D eigenvalue weighted by Crippen LogP contribution is 2.33. The highest BCUT2D eigenvalue weighted by atomic mass is 35.5. The Labute approximate surface area is 104 Å². The Balaban J connectivity index is 2.69. The molecule has 2 aromatic rings. The quantitative estimate of drug-likeness (QED) is 0.809. The van der Waals surface area contributed by atoms with Gasteiger partial charge in [-0.05, 0) is 12.1 Å². The van der Waals surface area contributed by atoms with Crippen molar-refractivity contribution in [2.75, 3.05) is 0 Å². The minimum absolute atomic E-state index is 0.0209. The van der Waals surface area contributed by atoms with E-state index in [1.807, 2.05) is 4.98 Å². The van der Waals surface area contributed by atoms with Gasteiger partial charge >= 0.3 is 5.69 Å². The normalized spacial score (nSPS) is 10.5. The first-order valence-corrected chi connectivity index (χ1v) is 5.11. The standard InChI is InChI=1S/C9H5Cl2N3O3/c10-5-1-4(2-6(11)8(5)16)14-9(17)13-7(15)3-12-14/h1-3,16H,(H,13,15,17). The van der Waals surface area contributed by atoms with Crippen LogP contribution in [0.5, 0.6) is 5.75 Å². The monoisotopic (exact) mass is 273 g/mol. The molecule has 1 heterocycles. The van der Waals surface area contributed by atoms with Gasteiger partial charge < -0.3 is 5.11 Å². The lowest BCUT2D eigenvalue weighted by atomic mass is 10.3. The molecule has 0 spiro atoms. The van der Waals surface area contributed by atoms with Crippen molar-refractivity contribution >= 4 is 23.2 Å². The van der Waals surface area contributed by atoms with Gasteiger partial charge in [0.05, 0.1) is 15.7 Å². The van der Waals surface area contributed by atoms with Gasteiger partial charge in [-0.2, -0.15) is 9.78 Å². The molecule has 0 radical (unpaired) electrons. The van der Waals surface area contributed by atoms with E-state index in [0.29, 0.717) is 0 Å². The number of hydrogen-bond donors (Lipinski definition) is 2. The number of aromatic hydroxyl groups is 1. The smallest absolute Gasteiger partial charge is 0.349 e. The summed E-state index contributed by atoms with van der Waals surface area (Å²) in [6, 6.07) is 2.60. The summed E-state index contributed by atoms with van der Waals surface area (Å²) >= 11 is 11.4. The minimum Gasteiger partial charge on any atom is -0.505 e. The first-order valence-electron chi connectivity index (χ1n) is 4.36. The third-order valence-electron chi connectivity index (χ3n) is 1.96. The van der Waals surface area contributed by atoms with Crippen molar-refractivity contribution in [2.45, 2.75) is 0 Å². The lowest BCUT2D eigenvalue weighted by Gasteiger charge is -2.06. The molecule has 0 aliphatic heterocycles. The number of nitrogens with one attached hydrogen (secondary N) is 1. The highest BCUT2D eigenvalue weighted by molar-refractivity contribution is 6.37. The predicted molar refractivity (Wildman–Crippen MR) is 62.1 cm³/mol. The Kier molecular flexibility index (Phi) is 2.91. The third kappa shape index (κ3) is 2.17. The molecule has 0 aliphatic rings. The zero-order valence-corrected chi connectivity index (χ0v) is 9.66. The van der Waals surface area contributed by atoms with E-state index in [-0.39, 0.29) is 21.5 Å². The number of H-pyrrole nitrogens is 1. The Morgan fingerprint density at radius 1 is 1.24 bits per heavy atom. The van der Waals surface area contributed by atoms with Crippen LogP contribution < -0.4 is 11.2 Å². The second-order valence-corrected chi connectivity index (χ2v) is 3.92. The summed E-state index contributed by atoms with van der Waals surface area (Å²) in [6.07, 6.45) is 0.941. The first kappa shape index (κ1) is 11.7. The second-order valence-electron chi connectivity index (χ2n) is 3.11. The molecular formula is C9H5Cl2N3O3. The van der Waals surface area contributed by atoms with Crippen LogP contribution in [0.4, 0.5) is 0 Å². The topological polar surface area (TPSA) is 88.0 Å². The van der Waals surface area contributed by atoms with Crippen molar-refractivity contribution in [1.29, 1.82) is 0 Å². The number of phenols is 1. The van der Waals surface area contributed by atoms with E-state index in [1.165, 1.54) is 12.1 Å². The molecule has 0 saturated carbocycles. The van der Waals surface area contributed by atoms with Crippen molar-refractivity contribution in [1.82, 2.24) is 14.8 Å². The first-order chi connectivity index (χ1) is 7.99. The molecule has 1 aromatic heterocycles. The van der Waals surface area contributed by atoms with Gasteiger partial charge in [0.2, 0.25) is 0 Å². The van der Waals surface area contributed by atoms with Crippen LogP contribution in [0.15, 0.2) is 27.9 Å². The molecule has 0 fully saturated rings. The summed E-state index contributed by atoms with van der Waals surface area (Å²) in [5.41, 5.74) is -1.10. The van der Waals surface area contributed by atoms with Crippen LogP contribution in [0.2, 0.25) is 10.0 Å². The van der Waals surface area contributed by atoms with E-state index in [9.17, 15) is 14.7 Å². The molecule has 0 atom stereocenters. The fourth-order valence-electron chi connectivity index (χ4n) is 1.21. The second kappa shape index (κ2) is 4.23. The Morgan fingerprint density at radius 3 is 2.35 bits per heavy atom. The summed E-state index contributed by atoms with van der Waals surface area (Å²) < 4.78 is 0.901. The lowest BCUT2D eigenvalue weighted by Crippen LogP contribution is -2.30. The van der Waals surface area contributed by atoms with Crippen molar-refractivity contribution in [3.8, 4) is 11.4 Å². The van der Waals surface area contributed by atoms with Gasteiger partial charge in [0, 0.05) is 0 Å². The van der Waals surface area contributed by atoms with Crippen LogP contribution in [-0.4, -0.2) is 19.9 Å². The van der Waals surface area contributed by atoms with E-state index in [1.54, 1.807) is 0 Å². The SMILES string of the molecule is O=c1cnn(-c2cc(Cl)c(O)c(Cl)c2)c(=O)[nH]1. The van der Waals surface area contributed by atoms with E-state index in [0.717, 1.165) is 10.9 Å². The summed E-state index contributed by atoms with van der Waals surface area (Å²) in [5, 5.41) is 12.9. The van der Waals surface area contributed by atoms with E-state index < -0.39 is 11.2 Å². The molecule has 0 saturated heterocycles. The van der Waals surface area contributed by atoms with Crippen molar-refractivity contribution in [3.63, 3.8) is 0 Å². The molecule has 88 valence electrons. The number of nitrogens with zero attached hydrogens (tertiary/aromatic N) is 2. The lowest BCUT2D eigenvalue weighted by molar-refractivity contribution is 0.475. The summed E-state index contributed by atoms with van der Waals surface area (Å²) in [6.45, 7) is 0. The maximum Gasteiger partial charge on any atom is 0.349 e. The maximum atomic E-state index is 11.4. The van der Waals surface area contributed by atoms with Crippen LogP contribution in [0.1, 0.15) is 0 Å². The molecule has 0 unspecified atom stereocenters. The van der Waals surface area contributed by atoms with Gasteiger partial charge in [0.15, 0.2) is 5.75 Å². The van der Waals surface area contributed by atoms with Gasteiger partial charge in [-0.3, -0.25) is 9.78 Å². The largest absolute Gasteiger partial charge is 0.505 e. The van der Waals surface area contributed by atoms with Crippen LogP contribution in [0.3, 0.4) is 0 Å². The number of halogens is 2. The van der Waals surface area contributed by atoms with Gasteiger partial charge in [-0.1, -0.05) is 23.2 Å². The van der Waals surface area contributed by atoms with Gasteiger partial charge in [-0.25, -0.2) is 4.79 Å². The molecule has 1 aromatic carbocycles. The number of aromatic amines is 1. The number of aromatic nitrogens is 3. The molecule has 17 heavy (non-hydrogen) atoms. The predicted octanol–water partition coefficient (Wildman–Crippen LogP) is 0.933. The molecule has 0 amide bonds. The maximum absolute atomic E-state index is 11.4. The average molecular weight is 274 g/mol. The Morgan fingerprint density at radius 2 is 1.82 bits per heavy atom. The Hall–Kier alpha value is -1.79. The fourth-order valence-corrected chi connectivity index (χ4v) is 1.69. The molecule has 6 nitrogen and oxygen atoms in total. The van der Waals surface area contributed by atoms with Crippen LogP contribution in [0.25, 0.3) is 5.69 Å². The number of rotatable bonds is 1. The molecule has 2 N–H and O–H groups in total. The van der Waals surface area contributed by atoms with Crippen molar-refractivity contribution in [2.24, 2.45) is 0 Å². The fraction of sp³-hybridized carbons (Fsp3) is 0.